The maximum Gasteiger partial charge on any atom is 0.263 e. The molecular weight excluding hydrogens is 217 g/mol. The van der Waals surface area contributed by atoms with E-state index in [0.29, 0.717) is 6.42 Å². The van der Waals surface area contributed by atoms with Gasteiger partial charge >= 0.3 is 0 Å². The molecule has 4 heteroatoms. The van der Waals surface area contributed by atoms with E-state index in [1.165, 1.54) is 13.0 Å². The largest absolute Gasteiger partial charge is 0.361 e. The second-order valence-corrected chi connectivity index (χ2v) is 3.96. The fourth-order valence-electron chi connectivity index (χ4n) is 1.60. The van der Waals surface area contributed by atoms with Crippen LogP contribution in [-0.2, 0) is 11.2 Å². The molecule has 0 saturated carbocycles. The van der Waals surface area contributed by atoms with Gasteiger partial charge in [-0.15, -0.1) is 0 Å². The Kier molecular flexibility index (Phi) is 2.49. The van der Waals surface area contributed by atoms with Crippen LogP contribution in [0.25, 0.3) is 10.9 Å². The summed E-state index contributed by atoms with van der Waals surface area (Å²) in [6, 6.07) is 2.95. The number of fused-ring (bicyclic) bond motifs is 1. The number of rotatable bonds is 2. The number of nitrogens with one attached hydrogen (secondary N) is 1. The molecule has 1 N–H and O–H groups in total. The van der Waals surface area contributed by atoms with Crippen molar-refractivity contribution in [1.29, 1.82) is 0 Å². The lowest BCUT2D eigenvalue weighted by molar-refractivity contribution is -0.293. The second kappa shape index (κ2) is 3.66. The molecule has 2 rings (SSSR count). The Hall–Kier alpha value is -1.35. The minimum atomic E-state index is -0.415. The summed E-state index contributed by atoms with van der Waals surface area (Å²) in [4.78, 5) is 14.0. The fraction of sp³-hybridized carbons (Fsp3) is 0.182. The monoisotopic (exact) mass is 226 g/mol. The number of ketones is 1. The van der Waals surface area contributed by atoms with E-state index in [2.05, 4.69) is 4.98 Å². The molecule has 0 unspecified atom stereocenters. The number of aromatic nitrogens is 1. The highest BCUT2D eigenvalue weighted by molar-refractivity contribution is 5.89. The summed E-state index contributed by atoms with van der Waals surface area (Å²) in [7, 11) is 0. The third-order valence-corrected chi connectivity index (χ3v) is 2.57. The summed E-state index contributed by atoms with van der Waals surface area (Å²) in [6.45, 7) is 1.51. The van der Waals surface area contributed by atoms with Gasteiger partial charge in [0.15, 0.2) is 17.4 Å². The van der Waals surface area contributed by atoms with Gasteiger partial charge in [0.25, 0.3) is 5.02 Å². The van der Waals surface area contributed by atoms with Crippen molar-refractivity contribution >= 4 is 16.7 Å². The van der Waals surface area contributed by atoms with E-state index in [1.54, 1.807) is 12.3 Å². The summed E-state index contributed by atoms with van der Waals surface area (Å²) >= 11 is 4.82. The molecule has 0 atom stereocenters. The molecule has 0 amide bonds. The SMILES string of the molecule is CC(=O)Cc1c[nH]c2cc([ClH+])c(F)cc12. The molecule has 0 aliphatic rings. The van der Waals surface area contributed by atoms with E-state index >= 15 is 0 Å². The van der Waals surface area contributed by atoms with E-state index in [9.17, 15) is 9.18 Å². The van der Waals surface area contributed by atoms with E-state index in [4.69, 9.17) is 11.6 Å². The molecule has 15 heavy (non-hydrogen) atoms. The van der Waals surface area contributed by atoms with Crippen LogP contribution in [0, 0.1) is 17.4 Å². The van der Waals surface area contributed by atoms with Crippen molar-refractivity contribution in [2.75, 3.05) is 0 Å². The summed E-state index contributed by atoms with van der Waals surface area (Å²) < 4.78 is 13.2. The highest BCUT2D eigenvalue weighted by atomic mass is 35.5. The number of aromatic amines is 1. The Balaban J connectivity index is 2.59. The predicted molar refractivity (Wildman–Crippen MR) is 53.2 cm³/mol. The highest BCUT2D eigenvalue weighted by Gasteiger charge is 2.12. The zero-order valence-electron chi connectivity index (χ0n) is 8.13. The number of carbonyl (C=O) groups excluding carboxylic acids is 1. The van der Waals surface area contributed by atoms with E-state index in [1.807, 2.05) is 0 Å². The zero-order valence-corrected chi connectivity index (χ0v) is 8.95. The topological polar surface area (TPSA) is 32.9 Å². The standard InChI is InChI=1S/C11H10ClFNO/c1-6(15)2-7-5-14-11-4-9(12)10(13)3-8(7)11/h3-5,12,14H,2H2,1H3/q+1. The normalized spacial score (nSPS) is 10.9. The Bertz CT molecular complexity index is 533. The third kappa shape index (κ3) is 1.88. The first kappa shape index (κ1) is 10.2. The van der Waals surface area contributed by atoms with Crippen molar-refractivity contribution in [2.45, 2.75) is 13.3 Å². The van der Waals surface area contributed by atoms with Gasteiger partial charge in [-0.2, -0.15) is 0 Å². The summed E-state index contributed by atoms with van der Waals surface area (Å²) in [5.41, 5.74) is 1.59. The van der Waals surface area contributed by atoms with Crippen LogP contribution in [0.3, 0.4) is 0 Å². The van der Waals surface area contributed by atoms with Crippen molar-refractivity contribution in [1.82, 2.24) is 4.98 Å². The minimum Gasteiger partial charge on any atom is -0.361 e. The Morgan fingerprint density at radius 1 is 1.53 bits per heavy atom. The number of H-pyrrole nitrogens is 1. The first-order chi connectivity index (χ1) is 7.08. The van der Waals surface area contributed by atoms with Crippen LogP contribution < -0.4 is 0 Å². The minimum absolute atomic E-state index is 0.0544. The molecule has 1 heterocycles. The van der Waals surface area contributed by atoms with Gasteiger partial charge in [0.2, 0.25) is 0 Å². The van der Waals surface area contributed by atoms with Crippen LogP contribution in [0.2, 0.25) is 5.02 Å². The van der Waals surface area contributed by atoms with Crippen LogP contribution in [0.5, 0.6) is 0 Å². The molecule has 0 fully saturated rings. The van der Waals surface area contributed by atoms with Gasteiger partial charge in [0, 0.05) is 24.1 Å². The van der Waals surface area contributed by atoms with Gasteiger partial charge in [0.1, 0.15) is 5.78 Å². The molecule has 2 nitrogen and oxygen atoms in total. The van der Waals surface area contributed by atoms with E-state index in [-0.39, 0.29) is 10.8 Å². The second-order valence-electron chi connectivity index (χ2n) is 3.52. The molecule has 0 aliphatic carbocycles. The van der Waals surface area contributed by atoms with Crippen LogP contribution >= 0.6 is 0 Å². The van der Waals surface area contributed by atoms with Gasteiger partial charge in [-0.1, -0.05) is 0 Å². The van der Waals surface area contributed by atoms with Crippen LogP contribution in [0.1, 0.15) is 12.5 Å². The van der Waals surface area contributed by atoms with Crippen LogP contribution in [0.15, 0.2) is 18.3 Å². The molecule has 2 aromatic rings. The number of halogens is 2. The van der Waals surface area contributed by atoms with Gasteiger partial charge in [-0.3, -0.25) is 4.79 Å². The number of hydrogen-bond acceptors (Lipinski definition) is 1. The molecule has 0 spiro atoms. The van der Waals surface area contributed by atoms with E-state index < -0.39 is 5.82 Å². The average Bonchev–Trinajstić information content (AvgIpc) is 2.49. The van der Waals surface area contributed by atoms with Crippen LogP contribution in [-0.4, -0.2) is 10.8 Å². The van der Waals surface area contributed by atoms with Crippen molar-refractivity contribution < 1.29 is 20.8 Å². The quantitative estimate of drug-likeness (QED) is 0.836. The maximum absolute atomic E-state index is 13.2. The summed E-state index contributed by atoms with van der Waals surface area (Å²) in [6.07, 6.45) is 2.04. The van der Waals surface area contributed by atoms with Gasteiger partial charge in [-0.05, 0) is 18.6 Å². The van der Waals surface area contributed by atoms with Crippen molar-refractivity contribution in [2.24, 2.45) is 0 Å². The van der Waals surface area contributed by atoms with Crippen molar-refractivity contribution in [3.05, 3.63) is 34.7 Å². The first-order valence-electron chi connectivity index (χ1n) is 4.54. The molecular formula is C11H10ClFNO+. The lowest BCUT2D eigenvalue weighted by Gasteiger charge is -1.95. The Morgan fingerprint density at radius 2 is 2.27 bits per heavy atom. The van der Waals surface area contributed by atoms with Gasteiger partial charge in [-0.25, -0.2) is 4.39 Å². The number of hydrogen-bond donors (Lipinski definition) is 1. The Morgan fingerprint density at radius 3 is 2.93 bits per heavy atom. The molecule has 1 aromatic heterocycles. The number of benzene rings is 1. The highest BCUT2D eigenvalue weighted by Crippen LogP contribution is 2.23. The summed E-state index contributed by atoms with van der Waals surface area (Å²) in [5.74, 6) is -0.360. The zero-order chi connectivity index (χ0) is 11.0. The number of Topliss-reactive ketones (excluding diaryl/α,β-unsaturated/α-hetero) is 1. The molecule has 1 aromatic carbocycles. The first-order valence-corrected chi connectivity index (χ1v) is 4.94. The van der Waals surface area contributed by atoms with Crippen LogP contribution in [0.4, 0.5) is 4.39 Å². The Labute approximate surface area is 91.0 Å². The molecule has 0 bridgehead atoms. The average molecular weight is 227 g/mol. The molecule has 78 valence electrons. The third-order valence-electron chi connectivity index (χ3n) is 2.26. The lowest BCUT2D eigenvalue weighted by atomic mass is 10.1. The lowest BCUT2D eigenvalue weighted by Crippen LogP contribution is -1.94. The fourth-order valence-corrected chi connectivity index (χ4v) is 1.77. The number of carbonyl (C=O) groups is 1. The predicted octanol–water partition coefficient (Wildman–Crippen LogP) is 2.13. The smallest absolute Gasteiger partial charge is 0.263 e. The molecule has 0 radical (unpaired) electrons. The summed E-state index contributed by atoms with van der Waals surface area (Å²) in [5, 5.41) is 0.926. The van der Waals surface area contributed by atoms with Crippen molar-refractivity contribution in [3.63, 3.8) is 0 Å². The molecule has 0 aliphatic heterocycles. The van der Waals surface area contributed by atoms with Gasteiger partial charge in [0.05, 0.1) is 5.52 Å². The molecule has 0 saturated heterocycles. The van der Waals surface area contributed by atoms with Gasteiger partial charge < -0.3 is 4.98 Å². The van der Waals surface area contributed by atoms with E-state index in [0.717, 1.165) is 16.5 Å². The maximum atomic E-state index is 13.2. The van der Waals surface area contributed by atoms with Crippen molar-refractivity contribution in [3.8, 4) is 0 Å².